The van der Waals surface area contributed by atoms with Crippen LogP contribution in [0.1, 0.15) is 40.2 Å². The van der Waals surface area contributed by atoms with Gasteiger partial charge in [0.2, 0.25) is 0 Å². The molecule has 0 radical (unpaired) electrons. The van der Waals surface area contributed by atoms with Crippen molar-refractivity contribution in [3.05, 3.63) is 77.5 Å². The molecule has 26 heavy (non-hydrogen) atoms. The highest BCUT2D eigenvalue weighted by Gasteiger charge is 2.27. The summed E-state index contributed by atoms with van der Waals surface area (Å²) in [5, 5.41) is 7.13. The summed E-state index contributed by atoms with van der Waals surface area (Å²) in [6.45, 7) is 3.69. The van der Waals surface area contributed by atoms with Crippen LogP contribution in [0.15, 0.2) is 60.8 Å². The number of likely N-dealkylation sites (tertiary alicyclic amines) is 1. The third-order valence-corrected chi connectivity index (χ3v) is 5.15. The van der Waals surface area contributed by atoms with Crippen LogP contribution in [-0.4, -0.2) is 34.1 Å². The van der Waals surface area contributed by atoms with Crippen LogP contribution in [0.5, 0.6) is 0 Å². The van der Waals surface area contributed by atoms with E-state index in [1.54, 1.807) is 6.20 Å². The quantitative estimate of drug-likeness (QED) is 0.764. The number of carbonyl (C=O) groups excluding carboxylic acids is 1. The van der Waals surface area contributed by atoms with Gasteiger partial charge < -0.3 is 4.90 Å². The standard InChI is InChI=1S/C22H23N3O/c1-16-7-5-10-18(13-16)19-11-6-12-25(15-19)22(26)20-14-23-24-21(20)17-8-3-2-4-9-17/h2-5,7-10,13-14,19H,6,11-12,15H2,1H3,(H,23,24). The van der Waals surface area contributed by atoms with Gasteiger partial charge in [-0.05, 0) is 25.3 Å². The lowest BCUT2D eigenvalue weighted by atomic mass is 9.89. The van der Waals surface area contributed by atoms with Gasteiger partial charge in [-0.15, -0.1) is 0 Å². The van der Waals surface area contributed by atoms with Gasteiger partial charge >= 0.3 is 0 Å². The van der Waals surface area contributed by atoms with E-state index in [0.717, 1.165) is 37.2 Å². The zero-order chi connectivity index (χ0) is 17.9. The van der Waals surface area contributed by atoms with E-state index < -0.39 is 0 Å². The number of hydrogen-bond donors (Lipinski definition) is 1. The van der Waals surface area contributed by atoms with Gasteiger partial charge in [0.05, 0.1) is 17.5 Å². The largest absolute Gasteiger partial charge is 0.338 e. The molecule has 0 saturated carbocycles. The van der Waals surface area contributed by atoms with E-state index in [9.17, 15) is 4.79 Å². The topological polar surface area (TPSA) is 49.0 Å². The summed E-state index contributed by atoms with van der Waals surface area (Å²) in [4.78, 5) is 15.1. The lowest BCUT2D eigenvalue weighted by molar-refractivity contribution is 0.0708. The number of aromatic nitrogens is 2. The molecule has 1 aromatic heterocycles. The van der Waals surface area contributed by atoms with Crippen LogP contribution in [0.25, 0.3) is 11.3 Å². The molecule has 1 atom stereocenters. The number of carbonyl (C=O) groups is 1. The number of benzene rings is 2. The van der Waals surface area contributed by atoms with Gasteiger partial charge in [0.1, 0.15) is 0 Å². The minimum Gasteiger partial charge on any atom is -0.338 e. The first-order valence-corrected chi connectivity index (χ1v) is 9.17. The molecule has 1 aliphatic rings. The highest BCUT2D eigenvalue weighted by Crippen LogP contribution is 2.29. The van der Waals surface area contributed by atoms with Crippen molar-refractivity contribution < 1.29 is 4.79 Å². The summed E-state index contributed by atoms with van der Waals surface area (Å²) in [6, 6.07) is 18.6. The van der Waals surface area contributed by atoms with Gasteiger partial charge in [-0.25, -0.2) is 0 Å². The van der Waals surface area contributed by atoms with Crippen molar-refractivity contribution in [1.29, 1.82) is 0 Å². The Hall–Kier alpha value is -2.88. The average Bonchev–Trinajstić information content (AvgIpc) is 3.18. The molecule has 1 amide bonds. The summed E-state index contributed by atoms with van der Waals surface area (Å²) in [6.07, 6.45) is 3.81. The van der Waals surface area contributed by atoms with Crippen LogP contribution in [-0.2, 0) is 0 Å². The molecule has 0 bridgehead atoms. The predicted octanol–water partition coefficient (Wildman–Crippen LogP) is 4.40. The van der Waals surface area contributed by atoms with Crippen LogP contribution in [0.2, 0.25) is 0 Å². The highest BCUT2D eigenvalue weighted by atomic mass is 16.2. The second-order valence-corrected chi connectivity index (χ2v) is 7.03. The fourth-order valence-electron chi connectivity index (χ4n) is 3.80. The first-order chi connectivity index (χ1) is 12.7. The summed E-state index contributed by atoms with van der Waals surface area (Å²) in [7, 11) is 0. The van der Waals surface area contributed by atoms with Crippen molar-refractivity contribution in [2.45, 2.75) is 25.7 Å². The molecule has 2 heterocycles. The number of nitrogens with one attached hydrogen (secondary N) is 1. The molecule has 1 unspecified atom stereocenters. The predicted molar refractivity (Wildman–Crippen MR) is 103 cm³/mol. The molecular weight excluding hydrogens is 322 g/mol. The number of nitrogens with zero attached hydrogens (tertiary/aromatic N) is 2. The highest BCUT2D eigenvalue weighted by molar-refractivity contribution is 5.99. The smallest absolute Gasteiger partial charge is 0.257 e. The number of aryl methyl sites for hydroxylation is 1. The molecular formula is C22H23N3O. The van der Waals surface area contributed by atoms with E-state index in [1.165, 1.54) is 11.1 Å². The summed E-state index contributed by atoms with van der Waals surface area (Å²) < 4.78 is 0. The summed E-state index contributed by atoms with van der Waals surface area (Å²) >= 11 is 0. The van der Waals surface area contributed by atoms with Crippen molar-refractivity contribution in [1.82, 2.24) is 15.1 Å². The number of amides is 1. The van der Waals surface area contributed by atoms with Crippen molar-refractivity contribution in [3.63, 3.8) is 0 Å². The molecule has 4 rings (SSSR count). The van der Waals surface area contributed by atoms with E-state index in [0.29, 0.717) is 11.5 Å². The van der Waals surface area contributed by atoms with Gasteiger partial charge in [0, 0.05) is 24.6 Å². The van der Waals surface area contributed by atoms with Crippen LogP contribution in [0, 0.1) is 6.92 Å². The number of H-pyrrole nitrogens is 1. The van der Waals surface area contributed by atoms with Crippen molar-refractivity contribution in [2.75, 3.05) is 13.1 Å². The first kappa shape index (κ1) is 16.6. The number of rotatable bonds is 3. The van der Waals surface area contributed by atoms with E-state index in [1.807, 2.05) is 35.2 Å². The Labute approximate surface area is 153 Å². The minimum absolute atomic E-state index is 0.0648. The molecule has 1 fully saturated rings. The first-order valence-electron chi connectivity index (χ1n) is 9.17. The second kappa shape index (κ2) is 7.16. The lowest BCUT2D eigenvalue weighted by Gasteiger charge is -2.33. The zero-order valence-electron chi connectivity index (χ0n) is 15.0. The Morgan fingerprint density at radius 2 is 2.00 bits per heavy atom. The van der Waals surface area contributed by atoms with Crippen LogP contribution >= 0.6 is 0 Å². The molecule has 1 N–H and O–H groups in total. The lowest BCUT2D eigenvalue weighted by Crippen LogP contribution is -2.39. The van der Waals surface area contributed by atoms with E-state index >= 15 is 0 Å². The zero-order valence-corrected chi connectivity index (χ0v) is 15.0. The van der Waals surface area contributed by atoms with Crippen molar-refractivity contribution in [3.8, 4) is 11.3 Å². The number of hydrogen-bond acceptors (Lipinski definition) is 2. The molecule has 1 aliphatic heterocycles. The van der Waals surface area contributed by atoms with Gasteiger partial charge in [-0.3, -0.25) is 9.89 Å². The van der Waals surface area contributed by atoms with Crippen LogP contribution in [0.4, 0.5) is 0 Å². The van der Waals surface area contributed by atoms with Gasteiger partial charge in [0.15, 0.2) is 0 Å². The second-order valence-electron chi connectivity index (χ2n) is 7.03. The Morgan fingerprint density at radius 3 is 2.81 bits per heavy atom. The molecule has 1 saturated heterocycles. The van der Waals surface area contributed by atoms with Crippen molar-refractivity contribution >= 4 is 5.91 Å². The molecule has 0 spiro atoms. The van der Waals surface area contributed by atoms with Crippen LogP contribution in [0.3, 0.4) is 0 Å². The maximum Gasteiger partial charge on any atom is 0.257 e. The van der Waals surface area contributed by atoms with E-state index in [-0.39, 0.29) is 5.91 Å². The monoisotopic (exact) mass is 345 g/mol. The summed E-state index contributed by atoms with van der Waals surface area (Å²) in [5.74, 6) is 0.467. The minimum atomic E-state index is 0.0648. The third kappa shape index (κ3) is 3.27. The third-order valence-electron chi connectivity index (χ3n) is 5.15. The average molecular weight is 345 g/mol. The Kier molecular flexibility index (Phi) is 4.57. The SMILES string of the molecule is Cc1cccc(C2CCCN(C(=O)c3cn[nH]c3-c3ccccc3)C2)c1. The van der Waals surface area contributed by atoms with Crippen LogP contribution < -0.4 is 0 Å². The Morgan fingerprint density at radius 1 is 1.15 bits per heavy atom. The molecule has 132 valence electrons. The number of aromatic amines is 1. The van der Waals surface area contributed by atoms with Crippen molar-refractivity contribution in [2.24, 2.45) is 0 Å². The molecule has 4 nitrogen and oxygen atoms in total. The van der Waals surface area contributed by atoms with E-state index in [2.05, 4.69) is 41.4 Å². The fraction of sp³-hybridized carbons (Fsp3) is 0.273. The fourth-order valence-corrected chi connectivity index (χ4v) is 3.80. The normalized spacial score (nSPS) is 17.3. The molecule has 0 aliphatic carbocycles. The molecule has 2 aromatic carbocycles. The van der Waals surface area contributed by atoms with Gasteiger partial charge in [-0.2, -0.15) is 5.10 Å². The molecule has 3 aromatic rings. The molecule has 4 heteroatoms. The Balaban J connectivity index is 1.57. The number of piperidine rings is 1. The maximum atomic E-state index is 13.2. The van der Waals surface area contributed by atoms with E-state index in [4.69, 9.17) is 0 Å². The van der Waals surface area contributed by atoms with Gasteiger partial charge in [-0.1, -0.05) is 60.2 Å². The summed E-state index contributed by atoms with van der Waals surface area (Å²) in [5.41, 5.74) is 5.04. The Bertz CT molecular complexity index is 901. The maximum absolute atomic E-state index is 13.2. The van der Waals surface area contributed by atoms with Gasteiger partial charge in [0.25, 0.3) is 5.91 Å².